The van der Waals surface area contributed by atoms with E-state index in [9.17, 15) is 0 Å². The predicted molar refractivity (Wildman–Crippen MR) is 80.6 cm³/mol. The molecule has 1 aromatic heterocycles. The lowest BCUT2D eigenvalue weighted by atomic mass is 9.98. The maximum Gasteiger partial charge on any atom is 0.125 e. The molecule has 3 heteroatoms. The zero-order valence-corrected chi connectivity index (χ0v) is 12.0. The maximum absolute atomic E-state index is 5.73. The van der Waals surface area contributed by atoms with Gasteiger partial charge in [0.1, 0.15) is 5.76 Å². The summed E-state index contributed by atoms with van der Waals surface area (Å²) in [4.78, 5) is 2.57. The molecule has 1 unspecified atom stereocenters. The fourth-order valence-electron chi connectivity index (χ4n) is 2.89. The summed E-state index contributed by atoms with van der Waals surface area (Å²) in [6.07, 6.45) is 2.93. The summed E-state index contributed by atoms with van der Waals surface area (Å²) in [7, 11) is 0. The van der Waals surface area contributed by atoms with E-state index in [0.717, 1.165) is 31.8 Å². The highest BCUT2D eigenvalue weighted by Gasteiger charge is 2.32. The minimum Gasteiger partial charge on any atom is -0.467 e. The van der Waals surface area contributed by atoms with Crippen molar-refractivity contribution in [2.45, 2.75) is 25.4 Å². The van der Waals surface area contributed by atoms with Gasteiger partial charge in [0.05, 0.1) is 12.3 Å². The van der Waals surface area contributed by atoms with Crippen LogP contribution in [0.3, 0.4) is 0 Å². The monoisotopic (exact) mass is 270 g/mol. The minimum atomic E-state index is 0.221. The van der Waals surface area contributed by atoms with E-state index in [1.54, 1.807) is 6.26 Å². The molecule has 20 heavy (non-hydrogen) atoms. The molecule has 1 aliphatic rings. The van der Waals surface area contributed by atoms with Crippen molar-refractivity contribution < 1.29 is 4.42 Å². The number of hydrogen-bond donors (Lipinski definition) is 1. The Balaban J connectivity index is 1.95. The van der Waals surface area contributed by atoms with Gasteiger partial charge in [-0.05, 0) is 30.7 Å². The summed E-state index contributed by atoms with van der Waals surface area (Å²) >= 11 is 0. The van der Waals surface area contributed by atoms with Crippen LogP contribution in [0.2, 0.25) is 0 Å². The Morgan fingerprint density at radius 3 is 2.55 bits per heavy atom. The van der Waals surface area contributed by atoms with Gasteiger partial charge in [-0.15, -0.1) is 0 Å². The molecule has 106 valence electrons. The second-order valence-electron chi connectivity index (χ2n) is 5.38. The minimum absolute atomic E-state index is 0.221. The highest BCUT2D eigenvalue weighted by molar-refractivity contribution is 5.27. The third-order valence-corrected chi connectivity index (χ3v) is 3.97. The molecule has 1 N–H and O–H groups in total. The quantitative estimate of drug-likeness (QED) is 0.874. The van der Waals surface area contributed by atoms with E-state index in [4.69, 9.17) is 4.42 Å². The third-order valence-electron chi connectivity index (χ3n) is 3.97. The molecule has 2 aromatic rings. The van der Waals surface area contributed by atoms with E-state index in [1.165, 1.54) is 5.56 Å². The van der Waals surface area contributed by atoms with E-state index in [1.807, 2.05) is 6.07 Å². The van der Waals surface area contributed by atoms with Crippen molar-refractivity contribution in [1.82, 2.24) is 10.2 Å². The second-order valence-corrected chi connectivity index (χ2v) is 5.38. The van der Waals surface area contributed by atoms with Crippen LogP contribution in [0, 0.1) is 0 Å². The molecular formula is C17H22N2O. The predicted octanol–water partition coefficient (Wildman–Crippen LogP) is 3.05. The molecule has 0 saturated carbocycles. The summed E-state index contributed by atoms with van der Waals surface area (Å²) in [5, 5.41) is 3.38. The van der Waals surface area contributed by atoms with Crippen molar-refractivity contribution in [3.05, 3.63) is 60.1 Å². The van der Waals surface area contributed by atoms with Crippen LogP contribution in [-0.2, 0) is 0 Å². The number of benzene rings is 1. The molecule has 0 bridgehead atoms. The summed E-state index contributed by atoms with van der Waals surface area (Å²) in [5.41, 5.74) is 1.31. The fraction of sp³-hybridized carbons (Fsp3) is 0.412. The Bertz CT molecular complexity index is 505. The van der Waals surface area contributed by atoms with Crippen molar-refractivity contribution in [3.8, 4) is 0 Å². The topological polar surface area (TPSA) is 28.4 Å². The van der Waals surface area contributed by atoms with Crippen LogP contribution in [0.5, 0.6) is 0 Å². The van der Waals surface area contributed by atoms with Crippen molar-refractivity contribution in [3.63, 3.8) is 0 Å². The van der Waals surface area contributed by atoms with Crippen molar-refractivity contribution >= 4 is 0 Å². The lowest BCUT2D eigenvalue weighted by molar-refractivity contribution is 0.101. The van der Waals surface area contributed by atoms with E-state index >= 15 is 0 Å². The Labute approximate surface area is 120 Å². The van der Waals surface area contributed by atoms with E-state index in [-0.39, 0.29) is 6.04 Å². The fourth-order valence-corrected chi connectivity index (χ4v) is 2.89. The van der Waals surface area contributed by atoms with E-state index in [0.29, 0.717) is 6.04 Å². The first-order valence-electron chi connectivity index (χ1n) is 7.45. The maximum atomic E-state index is 5.73. The normalized spacial score (nSPS) is 17.1. The average Bonchev–Trinajstić information content (AvgIpc) is 2.92. The van der Waals surface area contributed by atoms with E-state index in [2.05, 4.69) is 53.5 Å². The standard InChI is InChI=1S/C17H22N2O/c1-2-10-19(15-12-18-13-15)17(16-9-6-11-20-16)14-7-4-3-5-8-14/h3-9,11,15,17-18H,2,10,12-13H2,1H3. The Kier molecular flexibility index (Phi) is 4.19. The second kappa shape index (κ2) is 6.25. The summed E-state index contributed by atoms with van der Waals surface area (Å²) in [6.45, 7) is 5.48. The van der Waals surface area contributed by atoms with Crippen molar-refractivity contribution in [2.24, 2.45) is 0 Å². The van der Waals surface area contributed by atoms with Gasteiger partial charge < -0.3 is 9.73 Å². The Hall–Kier alpha value is -1.58. The molecule has 1 fully saturated rings. The molecule has 1 aromatic carbocycles. The zero-order chi connectivity index (χ0) is 13.8. The SMILES string of the molecule is CCCN(C1CNC1)C(c1ccccc1)c1ccco1. The number of nitrogens with zero attached hydrogens (tertiary/aromatic N) is 1. The Morgan fingerprint density at radius 2 is 2.00 bits per heavy atom. The van der Waals surface area contributed by atoms with Crippen LogP contribution in [-0.4, -0.2) is 30.6 Å². The lowest BCUT2D eigenvalue weighted by Gasteiger charge is -2.42. The van der Waals surface area contributed by atoms with Crippen LogP contribution in [0.4, 0.5) is 0 Å². The van der Waals surface area contributed by atoms with Crippen LogP contribution in [0.15, 0.2) is 53.1 Å². The molecule has 0 radical (unpaired) electrons. The average molecular weight is 270 g/mol. The van der Waals surface area contributed by atoms with Crippen LogP contribution >= 0.6 is 0 Å². The van der Waals surface area contributed by atoms with Gasteiger partial charge in [-0.1, -0.05) is 37.3 Å². The molecule has 0 spiro atoms. The van der Waals surface area contributed by atoms with Gasteiger partial charge in [-0.25, -0.2) is 0 Å². The first-order valence-corrected chi connectivity index (χ1v) is 7.45. The molecule has 0 amide bonds. The first-order chi connectivity index (χ1) is 9.90. The number of nitrogens with one attached hydrogen (secondary N) is 1. The summed E-state index contributed by atoms with van der Waals surface area (Å²) in [5.74, 6) is 1.04. The van der Waals surface area contributed by atoms with Crippen LogP contribution in [0.25, 0.3) is 0 Å². The van der Waals surface area contributed by atoms with Crippen molar-refractivity contribution in [2.75, 3.05) is 19.6 Å². The Morgan fingerprint density at radius 1 is 1.20 bits per heavy atom. The van der Waals surface area contributed by atoms with Crippen LogP contribution < -0.4 is 5.32 Å². The first kappa shape index (κ1) is 13.4. The van der Waals surface area contributed by atoms with E-state index < -0.39 is 0 Å². The van der Waals surface area contributed by atoms with Gasteiger partial charge >= 0.3 is 0 Å². The molecule has 2 heterocycles. The molecule has 1 aliphatic heterocycles. The van der Waals surface area contributed by atoms with Gasteiger partial charge in [0.2, 0.25) is 0 Å². The molecule has 1 saturated heterocycles. The van der Waals surface area contributed by atoms with Gasteiger partial charge in [0.15, 0.2) is 0 Å². The highest BCUT2D eigenvalue weighted by Crippen LogP contribution is 2.31. The van der Waals surface area contributed by atoms with Crippen molar-refractivity contribution in [1.29, 1.82) is 0 Å². The highest BCUT2D eigenvalue weighted by atomic mass is 16.3. The van der Waals surface area contributed by atoms with Gasteiger partial charge in [0, 0.05) is 19.1 Å². The largest absolute Gasteiger partial charge is 0.467 e. The zero-order valence-electron chi connectivity index (χ0n) is 12.0. The molecule has 3 rings (SSSR count). The lowest BCUT2D eigenvalue weighted by Crippen LogP contribution is -2.58. The smallest absolute Gasteiger partial charge is 0.125 e. The molecule has 0 aliphatic carbocycles. The summed E-state index contributed by atoms with van der Waals surface area (Å²) < 4.78 is 5.73. The number of rotatable bonds is 6. The van der Waals surface area contributed by atoms with Gasteiger partial charge in [-0.3, -0.25) is 4.90 Å². The number of hydrogen-bond acceptors (Lipinski definition) is 3. The molecule has 1 atom stereocenters. The van der Waals surface area contributed by atoms with Gasteiger partial charge in [-0.2, -0.15) is 0 Å². The summed E-state index contributed by atoms with van der Waals surface area (Å²) in [6, 6.07) is 15.6. The number of furan rings is 1. The van der Waals surface area contributed by atoms with Gasteiger partial charge in [0.25, 0.3) is 0 Å². The molecular weight excluding hydrogens is 248 g/mol. The van der Waals surface area contributed by atoms with Crippen LogP contribution in [0.1, 0.15) is 30.7 Å². The third kappa shape index (κ3) is 2.65. The molecule has 3 nitrogen and oxygen atoms in total.